The van der Waals surface area contributed by atoms with Gasteiger partial charge in [-0.2, -0.15) is 0 Å². The van der Waals surface area contributed by atoms with Gasteiger partial charge in [0.2, 0.25) is 22.6 Å². The van der Waals surface area contributed by atoms with Gasteiger partial charge in [-0.1, -0.05) is 0 Å². The summed E-state index contributed by atoms with van der Waals surface area (Å²) < 4.78 is 55.5. The maximum atomic E-state index is 12.9. The van der Waals surface area contributed by atoms with E-state index in [0.717, 1.165) is 17.7 Å². The minimum atomic E-state index is -3.68. The highest BCUT2D eigenvalue weighted by atomic mass is 32.2. The maximum Gasteiger partial charge on any atom is 0.240 e. The van der Waals surface area contributed by atoms with Crippen molar-refractivity contribution in [3.63, 3.8) is 0 Å². The van der Waals surface area contributed by atoms with Gasteiger partial charge in [-0.25, -0.2) is 17.5 Å². The smallest absolute Gasteiger partial charge is 0.240 e. The third-order valence-corrected chi connectivity index (χ3v) is 5.02. The number of rotatable bonds is 6. The van der Waals surface area contributed by atoms with Crippen LogP contribution in [0.2, 0.25) is 0 Å². The van der Waals surface area contributed by atoms with Crippen LogP contribution in [-0.2, 0) is 16.4 Å². The zero-order valence-electron chi connectivity index (χ0n) is 12.9. The molecule has 0 radical (unpaired) electrons. The number of fused-ring (bicyclic) bond motifs is 1. The minimum Gasteiger partial charge on any atom is -0.493 e. The SMILES string of the molecule is COc1cc(CCNS(=O)(=O)c2ccc(F)cc2)cc2c1OCO2. The van der Waals surface area contributed by atoms with Crippen molar-refractivity contribution in [2.45, 2.75) is 11.3 Å². The molecular weight excluding hydrogens is 337 g/mol. The van der Waals surface area contributed by atoms with Gasteiger partial charge >= 0.3 is 0 Å². The van der Waals surface area contributed by atoms with E-state index in [-0.39, 0.29) is 18.2 Å². The fourth-order valence-electron chi connectivity index (χ4n) is 2.36. The van der Waals surface area contributed by atoms with Crippen molar-refractivity contribution < 1.29 is 27.0 Å². The van der Waals surface area contributed by atoms with E-state index in [0.29, 0.717) is 23.7 Å². The third-order valence-electron chi connectivity index (χ3n) is 3.55. The van der Waals surface area contributed by atoms with Gasteiger partial charge in [0.05, 0.1) is 12.0 Å². The van der Waals surface area contributed by atoms with Gasteiger partial charge in [0, 0.05) is 6.54 Å². The van der Waals surface area contributed by atoms with Gasteiger partial charge in [0.25, 0.3) is 0 Å². The average molecular weight is 353 g/mol. The molecule has 0 saturated carbocycles. The Kier molecular flexibility index (Phi) is 4.59. The first-order valence-electron chi connectivity index (χ1n) is 7.21. The van der Waals surface area contributed by atoms with E-state index in [1.807, 2.05) is 0 Å². The standard InChI is InChI=1S/C16H16FNO5S/c1-21-14-8-11(9-15-16(14)23-10-22-15)6-7-18-24(19,20)13-4-2-12(17)3-5-13/h2-5,8-9,18H,6-7,10H2,1H3. The zero-order valence-corrected chi connectivity index (χ0v) is 13.7. The van der Waals surface area contributed by atoms with Crippen molar-refractivity contribution >= 4 is 10.0 Å². The summed E-state index contributed by atoms with van der Waals surface area (Å²) in [5, 5.41) is 0. The Bertz CT molecular complexity index is 836. The summed E-state index contributed by atoms with van der Waals surface area (Å²) in [6.45, 7) is 0.314. The Morgan fingerprint density at radius 1 is 1.21 bits per heavy atom. The summed E-state index contributed by atoms with van der Waals surface area (Å²) in [7, 11) is -2.15. The fourth-order valence-corrected chi connectivity index (χ4v) is 3.39. The van der Waals surface area contributed by atoms with E-state index < -0.39 is 15.8 Å². The molecule has 1 aliphatic heterocycles. The van der Waals surface area contributed by atoms with Crippen LogP contribution in [-0.4, -0.2) is 28.9 Å². The minimum absolute atomic E-state index is 0.0205. The van der Waals surface area contributed by atoms with Crippen molar-refractivity contribution in [3.8, 4) is 17.2 Å². The molecule has 24 heavy (non-hydrogen) atoms. The van der Waals surface area contributed by atoms with E-state index in [1.165, 1.54) is 19.2 Å². The summed E-state index contributed by atoms with van der Waals surface area (Å²) in [6, 6.07) is 8.23. The predicted octanol–water partition coefficient (Wildman–Crippen LogP) is 2.08. The number of benzene rings is 2. The van der Waals surface area contributed by atoms with Gasteiger partial charge in [-0.05, 0) is 48.4 Å². The van der Waals surface area contributed by atoms with Crippen LogP contribution in [0.5, 0.6) is 17.2 Å². The van der Waals surface area contributed by atoms with E-state index >= 15 is 0 Å². The second kappa shape index (κ2) is 6.66. The number of nitrogens with one attached hydrogen (secondary N) is 1. The van der Waals surface area contributed by atoms with Crippen molar-refractivity contribution in [2.75, 3.05) is 20.4 Å². The second-order valence-corrected chi connectivity index (χ2v) is 6.90. The van der Waals surface area contributed by atoms with E-state index in [1.54, 1.807) is 12.1 Å². The topological polar surface area (TPSA) is 73.9 Å². The van der Waals surface area contributed by atoms with Crippen molar-refractivity contribution in [1.29, 1.82) is 0 Å². The highest BCUT2D eigenvalue weighted by Crippen LogP contribution is 2.41. The van der Waals surface area contributed by atoms with Crippen LogP contribution in [0.15, 0.2) is 41.3 Å². The molecule has 0 atom stereocenters. The molecule has 2 aromatic carbocycles. The van der Waals surface area contributed by atoms with Gasteiger partial charge in [-0.3, -0.25) is 0 Å². The molecule has 0 aromatic heterocycles. The summed E-state index contributed by atoms with van der Waals surface area (Å²) in [5.74, 6) is 1.18. The molecule has 1 heterocycles. The number of hydrogen-bond donors (Lipinski definition) is 1. The van der Waals surface area contributed by atoms with Crippen LogP contribution in [0, 0.1) is 5.82 Å². The Morgan fingerprint density at radius 3 is 2.67 bits per heavy atom. The Labute approximate surface area is 139 Å². The molecule has 0 amide bonds. The lowest BCUT2D eigenvalue weighted by atomic mass is 10.1. The van der Waals surface area contributed by atoms with Crippen molar-refractivity contribution in [3.05, 3.63) is 47.8 Å². The van der Waals surface area contributed by atoms with Gasteiger partial charge in [-0.15, -0.1) is 0 Å². The Morgan fingerprint density at radius 2 is 1.96 bits per heavy atom. The number of ether oxygens (including phenoxy) is 3. The lowest BCUT2D eigenvalue weighted by molar-refractivity contribution is 0.171. The Hall–Kier alpha value is -2.32. The first-order chi connectivity index (χ1) is 11.5. The zero-order chi connectivity index (χ0) is 17.2. The van der Waals surface area contributed by atoms with Crippen LogP contribution in [0.25, 0.3) is 0 Å². The number of methoxy groups -OCH3 is 1. The fraction of sp³-hybridized carbons (Fsp3) is 0.250. The molecule has 3 rings (SSSR count). The van der Waals surface area contributed by atoms with Gasteiger partial charge < -0.3 is 14.2 Å². The number of sulfonamides is 1. The molecular formula is C16H16FNO5S. The molecule has 6 nitrogen and oxygen atoms in total. The predicted molar refractivity (Wildman–Crippen MR) is 84.4 cm³/mol. The highest BCUT2D eigenvalue weighted by Gasteiger charge is 2.20. The summed E-state index contributed by atoms with van der Waals surface area (Å²) in [6.07, 6.45) is 0.438. The van der Waals surface area contributed by atoms with Gasteiger partial charge in [0.1, 0.15) is 5.82 Å². The quantitative estimate of drug-likeness (QED) is 0.861. The lowest BCUT2D eigenvalue weighted by Gasteiger charge is -2.09. The normalized spacial score (nSPS) is 13.1. The lowest BCUT2D eigenvalue weighted by Crippen LogP contribution is -2.26. The average Bonchev–Trinajstić information content (AvgIpc) is 3.03. The first kappa shape index (κ1) is 16.5. The number of hydrogen-bond acceptors (Lipinski definition) is 5. The molecule has 1 aliphatic rings. The molecule has 0 unspecified atom stereocenters. The molecule has 128 valence electrons. The summed E-state index contributed by atoms with van der Waals surface area (Å²) in [4.78, 5) is 0.0205. The second-order valence-electron chi connectivity index (χ2n) is 5.13. The van der Waals surface area contributed by atoms with Gasteiger partial charge in [0.15, 0.2) is 11.5 Å². The van der Waals surface area contributed by atoms with Crippen LogP contribution >= 0.6 is 0 Å². The monoisotopic (exact) mass is 353 g/mol. The maximum absolute atomic E-state index is 12.9. The van der Waals surface area contributed by atoms with Crippen LogP contribution < -0.4 is 18.9 Å². The van der Waals surface area contributed by atoms with Crippen LogP contribution in [0.1, 0.15) is 5.56 Å². The molecule has 0 fully saturated rings. The Balaban J connectivity index is 1.67. The molecule has 0 aliphatic carbocycles. The molecule has 2 aromatic rings. The van der Waals surface area contributed by atoms with E-state index in [2.05, 4.69) is 4.72 Å². The van der Waals surface area contributed by atoms with Crippen molar-refractivity contribution in [1.82, 2.24) is 4.72 Å². The molecule has 0 saturated heterocycles. The highest BCUT2D eigenvalue weighted by molar-refractivity contribution is 7.89. The third kappa shape index (κ3) is 3.44. The number of halogens is 1. The molecule has 8 heteroatoms. The van der Waals surface area contributed by atoms with E-state index in [9.17, 15) is 12.8 Å². The first-order valence-corrected chi connectivity index (χ1v) is 8.69. The van der Waals surface area contributed by atoms with Crippen LogP contribution in [0.3, 0.4) is 0 Å². The summed E-state index contributed by atoms with van der Waals surface area (Å²) in [5.41, 5.74) is 0.845. The molecule has 0 spiro atoms. The molecule has 0 bridgehead atoms. The van der Waals surface area contributed by atoms with Crippen LogP contribution in [0.4, 0.5) is 4.39 Å². The summed E-state index contributed by atoms with van der Waals surface area (Å²) >= 11 is 0. The molecule has 1 N–H and O–H groups in total. The largest absolute Gasteiger partial charge is 0.493 e. The van der Waals surface area contributed by atoms with Crippen molar-refractivity contribution in [2.24, 2.45) is 0 Å². The van der Waals surface area contributed by atoms with E-state index in [4.69, 9.17) is 14.2 Å².